The number of ether oxygens (including phenoxy) is 1. The number of carboxylic acid groups (broad SMARTS) is 1. The first kappa shape index (κ1) is 15.0. The number of benzene rings is 1. The van der Waals surface area contributed by atoms with Crippen molar-refractivity contribution < 1.29 is 19.4 Å². The van der Waals surface area contributed by atoms with Crippen LogP contribution in [0.25, 0.3) is 0 Å². The predicted molar refractivity (Wildman–Crippen MR) is 71.1 cm³/mol. The average Bonchev–Trinajstić information content (AvgIpc) is 2.36. The van der Waals surface area contributed by atoms with Crippen LogP contribution in [0.5, 0.6) is 5.75 Å². The first-order valence-corrected chi connectivity index (χ1v) is 6.18. The smallest absolute Gasteiger partial charge is 0.303 e. The number of aryl methyl sites for hydroxylation is 1. The van der Waals surface area contributed by atoms with Crippen molar-refractivity contribution in [3.63, 3.8) is 0 Å². The third-order valence-electron chi connectivity index (χ3n) is 2.59. The van der Waals surface area contributed by atoms with E-state index in [1.165, 1.54) is 0 Å². The molecule has 1 amide bonds. The highest BCUT2D eigenvalue weighted by Crippen LogP contribution is 2.10. The van der Waals surface area contributed by atoms with Crippen molar-refractivity contribution in [1.82, 2.24) is 5.32 Å². The van der Waals surface area contributed by atoms with E-state index in [1.54, 1.807) is 19.1 Å². The van der Waals surface area contributed by atoms with E-state index in [-0.39, 0.29) is 25.0 Å². The molecule has 1 aromatic rings. The summed E-state index contributed by atoms with van der Waals surface area (Å²) in [7, 11) is 0. The van der Waals surface area contributed by atoms with Crippen molar-refractivity contribution in [1.29, 1.82) is 0 Å². The highest BCUT2D eigenvalue weighted by molar-refractivity contribution is 5.77. The Morgan fingerprint density at radius 2 is 1.95 bits per heavy atom. The molecular formula is C14H19NO4. The van der Waals surface area contributed by atoms with Gasteiger partial charge >= 0.3 is 5.97 Å². The fourth-order valence-corrected chi connectivity index (χ4v) is 1.51. The molecule has 0 aliphatic rings. The van der Waals surface area contributed by atoms with E-state index < -0.39 is 5.97 Å². The second-order valence-corrected chi connectivity index (χ2v) is 4.50. The summed E-state index contributed by atoms with van der Waals surface area (Å²) >= 11 is 0. The summed E-state index contributed by atoms with van der Waals surface area (Å²) in [6.07, 6.45) is 0.450. The van der Waals surface area contributed by atoms with Crippen molar-refractivity contribution in [2.75, 3.05) is 6.61 Å². The van der Waals surface area contributed by atoms with Gasteiger partial charge in [-0.05, 0) is 32.4 Å². The molecule has 5 heteroatoms. The van der Waals surface area contributed by atoms with Crippen LogP contribution >= 0.6 is 0 Å². The molecule has 1 atom stereocenters. The lowest BCUT2D eigenvalue weighted by Gasteiger charge is -2.13. The minimum atomic E-state index is -0.864. The number of carbonyl (C=O) groups is 2. The number of hydrogen-bond acceptors (Lipinski definition) is 3. The van der Waals surface area contributed by atoms with Gasteiger partial charge in [-0.25, -0.2) is 0 Å². The van der Waals surface area contributed by atoms with Crippen molar-refractivity contribution in [2.24, 2.45) is 0 Å². The van der Waals surface area contributed by atoms with Gasteiger partial charge in [0.15, 0.2) is 6.61 Å². The second kappa shape index (κ2) is 7.41. The molecule has 0 radical (unpaired) electrons. The van der Waals surface area contributed by atoms with Crippen LogP contribution in [0.15, 0.2) is 24.3 Å². The Hall–Kier alpha value is -2.04. The third kappa shape index (κ3) is 6.45. The zero-order valence-corrected chi connectivity index (χ0v) is 11.2. The van der Waals surface area contributed by atoms with E-state index in [0.717, 1.165) is 5.56 Å². The Balaban J connectivity index is 2.27. The van der Waals surface area contributed by atoms with Crippen molar-refractivity contribution >= 4 is 11.9 Å². The van der Waals surface area contributed by atoms with Crippen molar-refractivity contribution in [2.45, 2.75) is 32.7 Å². The zero-order chi connectivity index (χ0) is 14.3. The fraction of sp³-hybridized carbons (Fsp3) is 0.429. The van der Waals surface area contributed by atoms with E-state index in [4.69, 9.17) is 9.84 Å². The number of rotatable bonds is 7. The number of carboxylic acids is 1. The zero-order valence-electron chi connectivity index (χ0n) is 11.2. The Labute approximate surface area is 112 Å². The van der Waals surface area contributed by atoms with E-state index in [0.29, 0.717) is 12.2 Å². The van der Waals surface area contributed by atoms with Crippen LogP contribution in [0.4, 0.5) is 0 Å². The Morgan fingerprint density at radius 1 is 1.32 bits per heavy atom. The van der Waals surface area contributed by atoms with Gasteiger partial charge < -0.3 is 15.2 Å². The second-order valence-electron chi connectivity index (χ2n) is 4.50. The predicted octanol–water partition coefficient (Wildman–Crippen LogP) is 1.74. The monoisotopic (exact) mass is 265 g/mol. The topological polar surface area (TPSA) is 75.6 Å². The van der Waals surface area contributed by atoms with Gasteiger partial charge in [0.25, 0.3) is 5.91 Å². The lowest BCUT2D eigenvalue weighted by molar-refractivity contribution is -0.137. The molecule has 1 rings (SSSR count). The van der Waals surface area contributed by atoms with Crippen LogP contribution in [0, 0.1) is 6.92 Å². The number of amides is 1. The highest BCUT2D eigenvalue weighted by Gasteiger charge is 2.09. The highest BCUT2D eigenvalue weighted by atomic mass is 16.5. The van der Waals surface area contributed by atoms with Gasteiger partial charge in [0, 0.05) is 12.5 Å². The molecule has 0 saturated carbocycles. The summed E-state index contributed by atoms with van der Waals surface area (Å²) < 4.78 is 5.32. The van der Waals surface area contributed by atoms with Gasteiger partial charge in [0.2, 0.25) is 0 Å². The molecule has 0 spiro atoms. The molecular weight excluding hydrogens is 246 g/mol. The van der Waals surface area contributed by atoms with Gasteiger partial charge in [-0.2, -0.15) is 0 Å². The van der Waals surface area contributed by atoms with Crippen LogP contribution < -0.4 is 10.1 Å². The molecule has 0 bridgehead atoms. The summed E-state index contributed by atoms with van der Waals surface area (Å²) in [5.41, 5.74) is 1.12. The van der Waals surface area contributed by atoms with E-state index in [1.807, 2.05) is 19.1 Å². The molecule has 0 fully saturated rings. The molecule has 19 heavy (non-hydrogen) atoms. The molecule has 0 aliphatic heterocycles. The molecule has 2 N–H and O–H groups in total. The van der Waals surface area contributed by atoms with E-state index in [9.17, 15) is 9.59 Å². The minimum Gasteiger partial charge on any atom is -0.484 e. The fourth-order valence-electron chi connectivity index (χ4n) is 1.51. The number of carbonyl (C=O) groups excluding carboxylic acids is 1. The number of nitrogens with one attached hydrogen (secondary N) is 1. The molecule has 0 aliphatic carbocycles. The molecule has 0 aromatic heterocycles. The maximum absolute atomic E-state index is 11.6. The number of hydrogen-bond donors (Lipinski definition) is 2. The molecule has 1 unspecified atom stereocenters. The maximum atomic E-state index is 11.6. The molecule has 0 heterocycles. The first-order valence-electron chi connectivity index (χ1n) is 6.18. The summed E-state index contributed by atoms with van der Waals surface area (Å²) in [6, 6.07) is 7.24. The van der Waals surface area contributed by atoms with E-state index in [2.05, 4.69) is 5.32 Å². The van der Waals surface area contributed by atoms with Crippen LogP contribution in [0.1, 0.15) is 25.3 Å². The van der Waals surface area contributed by atoms with Gasteiger partial charge in [0.1, 0.15) is 5.75 Å². The Morgan fingerprint density at radius 3 is 2.53 bits per heavy atom. The largest absolute Gasteiger partial charge is 0.484 e. The Bertz CT molecular complexity index is 428. The van der Waals surface area contributed by atoms with Crippen molar-refractivity contribution in [3.05, 3.63) is 29.8 Å². The van der Waals surface area contributed by atoms with Crippen LogP contribution in [0.3, 0.4) is 0 Å². The molecule has 104 valence electrons. The third-order valence-corrected chi connectivity index (χ3v) is 2.59. The van der Waals surface area contributed by atoms with Crippen LogP contribution in [0.2, 0.25) is 0 Å². The summed E-state index contributed by atoms with van der Waals surface area (Å²) in [6.45, 7) is 3.67. The minimum absolute atomic E-state index is 0.0419. The normalized spacial score (nSPS) is 11.7. The van der Waals surface area contributed by atoms with E-state index >= 15 is 0 Å². The van der Waals surface area contributed by atoms with Crippen molar-refractivity contribution in [3.8, 4) is 5.75 Å². The quantitative estimate of drug-likeness (QED) is 0.787. The average molecular weight is 265 g/mol. The SMILES string of the molecule is Cc1ccc(OCC(=O)NC(C)CCC(=O)O)cc1. The lowest BCUT2D eigenvalue weighted by Crippen LogP contribution is -2.36. The summed E-state index contributed by atoms with van der Waals surface area (Å²) in [5, 5.41) is 11.2. The molecule has 1 aromatic carbocycles. The van der Waals surface area contributed by atoms with Gasteiger partial charge in [0.05, 0.1) is 0 Å². The molecule has 5 nitrogen and oxygen atoms in total. The van der Waals surface area contributed by atoms with Gasteiger partial charge in [-0.1, -0.05) is 17.7 Å². The number of aliphatic carboxylic acids is 1. The van der Waals surface area contributed by atoms with Gasteiger partial charge in [-0.15, -0.1) is 0 Å². The summed E-state index contributed by atoms with van der Waals surface area (Å²) in [5.74, 6) is -0.477. The summed E-state index contributed by atoms with van der Waals surface area (Å²) in [4.78, 5) is 21.9. The standard InChI is InChI=1S/C14H19NO4/c1-10-3-6-12(7-4-10)19-9-13(16)15-11(2)5-8-14(17)18/h3-4,6-7,11H,5,8-9H2,1-2H3,(H,15,16)(H,17,18). The first-order chi connectivity index (χ1) is 8.97. The lowest BCUT2D eigenvalue weighted by atomic mass is 10.2. The van der Waals surface area contributed by atoms with Crippen LogP contribution in [-0.4, -0.2) is 29.6 Å². The van der Waals surface area contributed by atoms with Gasteiger partial charge in [-0.3, -0.25) is 9.59 Å². The maximum Gasteiger partial charge on any atom is 0.303 e. The van der Waals surface area contributed by atoms with Crippen LogP contribution in [-0.2, 0) is 9.59 Å². The molecule has 0 saturated heterocycles. The Kier molecular flexibility index (Phi) is 5.85.